The molecule has 0 spiro atoms. The molecule has 4 nitrogen and oxygen atoms in total. The van der Waals surface area contributed by atoms with E-state index in [0.717, 1.165) is 45.1 Å². The summed E-state index contributed by atoms with van der Waals surface area (Å²) in [6, 6.07) is 1.13. The molecule has 1 atom stereocenters. The molecule has 0 aliphatic heterocycles. The number of hydrogen-bond donors (Lipinski definition) is 2. The highest BCUT2D eigenvalue weighted by atomic mass is 28.4. The summed E-state index contributed by atoms with van der Waals surface area (Å²) in [5.74, 6) is 0. The molecule has 19 heavy (non-hydrogen) atoms. The lowest BCUT2D eigenvalue weighted by atomic mass is 10.2. The zero-order valence-electron chi connectivity index (χ0n) is 13.5. The summed E-state index contributed by atoms with van der Waals surface area (Å²) in [4.78, 5) is 0. The van der Waals surface area contributed by atoms with Crippen molar-refractivity contribution in [1.29, 1.82) is 0 Å². The highest BCUT2D eigenvalue weighted by molar-refractivity contribution is 6.69. The quantitative estimate of drug-likeness (QED) is 0.533. The highest BCUT2D eigenvalue weighted by Gasteiger charge is 2.43. The molecule has 0 fully saturated rings. The topological polar surface area (TPSA) is 79.5 Å². The van der Waals surface area contributed by atoms with E-state index in [9.17, 15) is 0 Å². The lowest BCUT2D eigenvalue weighted by molar-refractivity contribution is 0.167. The van der Waals surface area contributed by atoms with Gasteiger partial charge in [-0.3, -0.25) is 0 Å². The molecule has 5 heteroatoms. The zero-order chi connectivity index (χ0) is 13.9. The van der Waals surface area contributed by atoms with E-state index in [1.54, 1.807) is 0 Å². The van der Waals surface area contributed by atoms with Gasteiger partial charge in [0, 0.05) is 18.8 Å². The van der Waals surface area contributed by atoms with Crippen LogP contribution in [0.3, 0.4) is 0 Å². The van der Waals surface area contributed by atoms with Crippen molar-refractivity contribution in [3.63, 3.8) is 0 Å². The van der Waals surface area contributed by atoms with Gasteiger partial charge in [-0.25, -0.2) is 0 Å². The number of unbranched alkanes of at least 4 members (excludes halogenated alkanes) is 1. The van der Waals surface area contributed by atoms with Crippen LogP contribution in [-0.4, -0.2) is 28.3 Å². The first-order valence-corrected chi connectivity index (χ1v) is 9.78. The van der Waals surface area contributed by atoms with E-state index >= 15 is 0 Å². The third kappa shape index (κ3) is 7.42. The van der Waals surface area contributed by atoms with Gasteiger partial charge < -0.3 is 20.7 Å². The fourth-order valence-corrected chi connectivity index (χ4v) is 6.98. The van der Waals surface area contributed by atoms with Gasteiger partial charge in [0.2, 0.25) is 0 Å². The first-order chi connectivity index (χ1) is 8.70. The van der Waals surface area contributed by atoms with Crippen LogP contribution in [0.1, 0.15) is 59.8 Å². The molecule has 0 aliphatic rings. The van der Waals surface area contributed by atoms with E-state index in [4.69, 9.17) is 14.6 Å². The molecule has 0 bridgehead atoms. The van der Waals surface area contributed by atoms with Crippen LogP contribution in [0.2, 0.25) is 11.6 Å². The second-order valence-corrected chi connectivity index (χ2v) is 8.34. The largest absolute Gasteiger partial charge is 0.394 e. The maximum absolute atomic E-state index is 6.20. The monoisotopic (exact) mass is 292 g/mol. The van der Waals surface area contributed by atoms with E-state index < -0.39 is 8.56 Å². The van der Waals surface area contributed by atoms with Gasteiger partial charge in [0.25, 0.3) is 0 Å². The molecule has 118 valence electrons. The second kappa shape index (κ2) is 13.1. The van der Waals surface area contributed by atoms with Gasteiger partial charge >= 0.3 is 8.56 Å². The van der Waals surface area contributed by atoms with Crippen molar-refractivity contribution in [2.24, 2.45) is 5.73 Å². The van der Waals surface area contributed by atoms with Crippen molar-refractivity contribution in [1.82, 2.24) is 6.15 Å². The Morgan fingerprint density at radius 2 is 1.58 bits per heavy atom. The molecule has 0 aromatic rings. The summed E-state index contributed by atoms with van der Waals surface area (Å²) in [7, 11) is -2.04. The normalized spacial score (nSPS) is 13.1. The first kappa shape index (κ1) is 21.4. The molecule has 0 aromatic heterocycles. The maximum Gasteiger partial charge on any atom is 0.341 e. The Morgan fingerprint density at radius 1 is 1.00 bits per heavy atom. The zero-order valence-corrected chi connectivity index (χ0v) is 14.5. The van der Waals surface area contributed by atoms with Crippen molar-refractivity contribution in [3.05, 3.63) is 0 Å². The molecule has 1 unspecified atom stereocenters. The standard InChI is InChI=1S/C14H33NO2Si.H3N/c1-5-9-13-18(16-7-3,17-8-4)14(6-2)11-10-12-15;/h14H,5-13,15H2,1-4H3;1H3. The third-order valence-corrected chi connectivity index (χ3v) is 8.07. The van der Waals surface area contributed by atoms with Gasteiger partial charge in [0.1, 0.15) is 0 Å². The van der Waals surface area contributed by atoms with Crippen LogP contribution in [0, 0.1) is 0 Å². The van der Waals surface area contributed by atoms with Gasteiger partial charge in [-0.05, 0) is 39.3 Å². The van der Waals surface area contributed by atoms with E-state index in [1.807, 2.05) is 0 Å². The molecular weight excluding hydrogens is 256 g/mol. The molecule has 0 aromatic carbocycles. The Labute approximate surface area is 121 Å². The van der Waals surface area contributed by atoms with Gasteiger partial charge in [-0.2, -0.15) is 0 Å². The summed E-state index contributed by atoms with van der Waals surface area (Å²) >= 11 is 0. The second-order valence-electron chi connectivity index (χ2n) is 4.82. The van der Waals surface area contributed by atoms with Crippen LogP contribution in [-0.2, 0) is 8.85 Å². The Bertz CT molecular complexity index is 188. The summed E-state index contributed by atoms with van der Waals surface area (Å²) in [6.07, 6.45) is 5.81. The fraction of sp³-hybridized carbons (Fsp3) is 1.00. The van der Waals surface area contributed by atoms with Crippen LogP contribution in [0.5, 0.6) is 0 Å². The van der Waals surface area contributed by atoms with Crippen LogP contribution in [0.25, 0.3) is 0 Å². The van der Waals surface area contributed by atoms with Crippen molar-refractivity contribution >= 4 is 8.56 Å². The Hall–Kier alpha value is 0.0569. The van der Waals surface area contributed by atoms with Crippen LogP contribution in [0.15, 0.2) is 0 Å². The minimum absolute atomic E-state index is 0. The predicted molar refractivity (Wildman–Crippen MR) is 86.1 cm³/mol. The number of nitrogens with two attached hydrogens (primary N) is 1. The predicted octanol–water partition coefficient (Wildman–Crippen LogP) is 3.98. The maximum atomic E-state index is 6.20. The van der Waals surface area contributed by atoms with E-state index in [1.165, 1.54) is 12.8 Å². The lowest BCUT2D eigenvalue weighted by Gasteiger charge is -2.37. The average Bonchev–Trinajstić information content (AvgIpc) is 2.37. The molecule has 0 rings (SSSR count). The molecule has 0 amide bonds. The van der Waals surface area contributed by atoms with Gasteiger partial charge in [0.05, 0.1) is 0 Å². The molecule has 0 radical (unpaired) electrons. The summed E-state index contributed by atoms with van der Waals surface area (Å²) in [5, 5.41) is 0. The van der Waals surface area contributed by atoms with Gasteiger partial charge in [-0.15, -0.1) is 0 Å². The average molecular weight is 293 g/mol. The molecule has 0 heterocycles. The first-order valence-electron chi connectivity index (χ1n) is 7.68. The van der Waals surface area contributed by atoms with E-state index in [2.05, 4.69) is 27.7 Å². The van der Waals surface area contributed by atoms with Gasteiger partial charge in [-0.1, -0.05) is 33.1 Å². The highest BCUT2D eigenvalue weighted by Crippen LogP contribution is 2.36. The summed E-state index contributed by atoms with van der Waals surface area (Å²) in [6.45, 7) is 11.0. The van der Waals surface area contributed by atoms with Gasteiger partial charge in [0.15, 0.2) is 0 Å². The molecule has 5 N–H and O–H groups in total. The molecule has 0 aliphatic carbocycles. The Kier molecular flexibility index (Phi) is 14.7. The van der Waals surface area contributed by atoms with Crippen LogP contribution in [0.4, 0.5) is 0 Å². The van der Waals surface area contributed by atoms with Crippen molar-refractivity contribution in [3.8, 4) is 0 Å². The van der Waals surface area contributed by atoms with Crippen molar-refractivity contribution in [2.45, 2.75) is 71.4 Å². The minimum Gasteiger partial charge on any atom is -0.394 e. The van der Waals surface area contributed by atoms with Crippen LogP contribution < -0.4 is 11.9 Å². The Morgan fingerprint density at radius 3 is 1.95 bits per heavy atom. The van der Waals surface area contributed by atoms with Crippen molar-refractivity contribution < 1.29 is 8.85 Å². The molecule has 0 saturated carbocycles. The van der Waals surface area contributed by atoms with E-state index in [0.29, 0.717) is 5.54 Å². The lowest BCUT2D eigenvalue weighted by Crippen LogP contribution is -2.47. The smallest absolute Gasteiger partial charge is 0.341 e. The third-order valence-electron chi connectivity index (χ3n) is 3.53. The number of rotatable bonds is 12. The summed E-state index contributed by atoms with van der Waals surface area (Å²) < 4.78 is 12.4. The fourth-order valence-electron chi connectivity index (χ4n) is 2.64. The Balaban J connectivity index is 0. The van der Waals surface area contributed by atoms with Crippen LogP contribution >= 0.6 is 0 Å². The molecular formula is C14H36N2O2Si. The summed E-state index contributed by atoms with van der Waals surface area (Å²) in [5.41, 5.74) is 6.25. The van der Waals surface area contributed by atoms with Crippen molar-refractivity contribution in [2.75, 3.05) is 19.8 Å². The van der Waals surface area contributed by atoms with E-state index in [-0.39, 0.29) is 6.15 Å². The molecule has 0 saturated heterocycles. The SMILES string of the molecule is CCCC[Si](OCC)(OCC)C(CC)CCCN.N. The minimum atomic E-state index is -2.04. The number of hydrogen-bond acceptors (Lipinski definition) is 4.